The first-order valence-electron chi connectivity index (χ1n) is 8.37. The molecule has 1 N–H and O–H groups in total. The highest BCUT2D eigenvalue weighted by atomic mass is 35.5. The Morgan fingerprint density at radius 1 is 1.18 bits per heavy atom. The van der Waals surface area contributed by atoms with E-state index < -0.39 is 18.8 Å². The summed E-state index contributed by atoms with van der Waals surface area (Å²) in [6.07, 6.45) is 0. The van der Waals surface area contributed by atoms with Crippen LogP contribution in [0.15, 0.2) is 59.1 Å². The summed E-state index contributed by atoms with van der Waals surface area (Å²) in [5, 5.41) is 3.16. The lowest BCUT2D eigenvalue weighted by Crippen LogP contribution is -2.21. The number of rotatable bonds is 8. The van der Waals surface area contributed by atoms with E-state index in [2.05, 4.69) is 19.8 Å². The molecule has 0 aliphatic heterocycles. The van der Waals surface area contributed by atoms with E-state index in [0.29, 0.717) is 17.4 Å². The first-order valence-corrected chi connectivity index (χ1v) is 10.4. The zero-order valence-corrected chi connectivity index (χ0v) is 16.5. The van der Waals surface area contributed by atoms with Gasteiger partial charge in [0.2, 0.25) is 5.82 Å². The van der Waals surface area contributed by atoms with Gasteiger partial charge in [-0.05, 0) is 36.2 Å². The molecule has 1 aromatic heterocycles. The van der Waals surface area contributed by atoms with E-state index in [1.165, 1.54) is 0 Å². The summed E-state index contributed by atoms with van der Waals surface area (Å²) in [5.74, 6) is -1.04. The number of nitrogens with zero attached hydrogens (tertiary/aromatic N) is 2. The summed E-state index contributed by atoms with van der Waals surface area (Å²) in [7, 11) is -3.33. The second-order valence-corrected chi connectivity index (χ2v) is 8.43. The highest BCUT2D eigenvalue weighted by molar-refractivity contribution is 7.65. The van der Waals surface area contributed by atoms with E-state index in [-0.39, 0.29) is 12.4 Å². The van der Waals surface area contributed by atoms with Crippen molar-refractivity contribution in [2.45, 2.75) is 18.9 Å². The molecular formula is C18H17ClF2N3O3P. The average Bonchev–Trinajstić information content (AvgIpc) is 3.18. The van der Waals surface area contributed by atoms with Gasteiger partial charge >= 0.3 is 11.3 Å². The van der Waals surface area contributed by atoms with Crippen LogP contribution in [0.2, 0.25) is 0 Å². The fourth-order valence-corrected chi connectivity index (χ4v) is 4.24. The SMILES string of the molecule is CCOP(=O)(NCc1ccccc1)c1ccc(-c2noc(C(F)(F)Cl)n2)cc1. The average molecular weight is 428 g/mol. The molecule has 0 aliphatic carbocycles. The van der Waals surface area contributed by atoms with Gasteiger partial charge in [0.25, 0.3) is 7.52 Å². The molecule has 6 nitrogen and oxygen atoms in total. The first-order chi connectivity index (χ1) is 13.3. The maximum Gasteiger partial charge on any atom is 0.400 e. The quantitative estimate of drug-likeness (QED) is 0.416. The Kier molecular flexibility index (Phi) is 6.25. The third kappa shape index (κ3) is 4.83. The fraction of sp³-hybridized carbons (Fsp3) is 0.222. The topological polar surface area (TPSA) is 77.2 Å². The largest absolute Gasteiger partial charge is 0.400 e. The van der Waals surface area contributed by atoms with Crippen molar-refractivity contribution in [2.24, 2.45) is 0 Å². The number of benzene rings is 2. The van der Waals surface area contributed by atoms with Gasteiger partial charge in [-0.2, -0.15) is 13.8 Å². The van der Waals surface area contributed by atoms with Gasteiger partial charge in [-0.25, -0.2) is 5.09 Å². The number of nitrogens with one attached hydrogen (secondary N) is 1. The van der Waals surface area contributed by atoms with Crippen molar-refractivity contribution in [3.05, 3.63) is 66.1 Å². The summed E-state index contributed by atoms with van der Waals surface area (Å²) < 4.78 is 49.3. The highest BCUT2D eigenvalue weighted by Crippen LogP contribution is 2.41. The highest BCUT2D eigenvalue weighted by Gasteiger charge is 2.35. The molecule has 0 amide bonds. The second-order valence-electron chi connectivity index (χ2n) is 5.76. The summed E-state index contributed by atoms with van der Waals surface area (Å²) in [4.78, 5) is 3.58. The van der Waals surface area contributed by atoms with Gasteiger partial charge in [0.05, 0.1) is 11.9 Å². The van der Waals surface area contributed by atoms with Gasteiger partial charge in [0.1, 0.15) is 0 Å². The molecule has 1 heterocycles. The third-order valence-electron chi connectivity index (χ3n) is 3.78. The molecule has 0 bridgehead atoms. The van der Waals surface area contributed by atoms with Crippen molar-refractivity contribution in [3.8, 4) is 11.4 Å². The lowest BCUT2D eigenvalue weighted by Gasteiger charge is -2.19. The minimum Gasteiger partial charge on any atom is -0.331 e. The van der Waals surface area contributed by atoms with E-state index in [9.17, 15) is 13.3 Å². The number of alkyl halides is 3. The van der Waals surface area contributed by atoms with Crippen LogP contribution in [0.25, 0.3) is 11.4 Å². The molecular weight excluding hydrogens is 411 g/mol. The van der Waals surface area contributed by atoms with E-state index in [1.807, 2.05) is 30.3 Å². The Morgan fingerprint density at radius 2 is 1.86 bits per heavy atom. The van der Waals surface area contributed by atoms with Crippen molar-refractivity contribution in [1.82, 2.24) is 15.2 Å². The Morgan fingerprint density at radius 3 is 2.43 bits per heavy atom. The maximum atomic E-state index is 13.3. The summed E-state index contributed by atoms with van der Waals surface area (Å²) in [6, 6.07) is 15.7. The van der Waals surface area contributed by atoms with Crippen molar-refractivity contribution in [2.75, 3.05) is 6.61 Å². The predicted octanol–water partition coefficient (Wildman–Crippen LogP) is 4.67. The third-order valence-corrected chi connectivity index (χ3v) is 6.11. The molecule has 0 saturated heterocycles. The van der Waals surface area contributed by atoms with Gasteiger partial charge in [0.15, 0.2) is 0 Å². The molecule has 2 aromatic carbocycles. The maximum absolute atomic E-state index is 13.3. The number of aromatic nitrogens is 2. The van der Waals surface area contributed by atoms with Crippen molar-refractivity contribution in [1.29, 1.82) is 0 Å². The van der Waals surface area contributed by atoms with E-state index in [4.69, 9.17) is 16.1 Å². The van der Waals surface area contributed by atoms with Crippen LogP contribution in [0, 0.1) is 0 Å². The monoisotopic (exact) mass is 427 g/mol. The zero-order valence-electron chi connectivity index (χ0n) is 14.8. The molecule has 0 spiro atoms. The molecule has 0 radical (unpaired) electrons. The molecule has 0 aliphatic rings. The van der Waals surface area contributed by atoms with E-state index >= 15 is 0 Å². The van der Waals surface area contributed by atoms with Gasteiger partial charge < -0.3 is 9.05 Å². The summed E-state index contributed by atoms with van der Waals surface area (Å²) >= 11 is 4.87. The van der Waals surface area contributed by atoms with Crippen LogP contribution in [-0.4, -0.2) is 16.7 Å². The van der Waals surface area contributed by atoms with Crippen LogP contribution in [-0.2, 0) is 21.0 Å². The smallest absolute Gasteiger partial charge is 0.331 e. The molecule has 28 heavy (non-hydrogen) atoms. The van der Waals surface area contributed by atoms with E-state index in [0.717, 1.165) is 5.56 Å². The lowest BCUT2D eigenvalue weighted by molar-refractivity contribution is 0.0551. The van der Waals surface area contributed by atoms with Crippen LogP contribution in [0.5, 0.6) is 0 Å². The van der Waals surface area contributed by atoms with Gasteiger partial charge in [-0.15, -0.1) is 0 Å². The number of halogens is 3. The van der Waals surface area contributed by atoms with Crippen molar-refractivity contribution >= 4 is 24.4 Å². The fourth-order valence-electron chi connectivity index (χ4n) is 2.45. The van der Waals surface area contributed by atoms with Gasteiger partial charge in [-0.3, -0.25) is 4.57 Å². The normalized spacial score (nSPS) is 14.0. The summed E-state index contributed by atoms with van der Waals surface area (Å²) in [5.41, 5.74) is 1.37. The van der Waals surface area contributed by atoms with Crippen LogP contribution in [0.1, 0.15) is 18.4 Å². The van der Waals surface area contributed by atoms with Crippen LogP contribution >= 0.6 is 19.1 Å². The number of hydrogen-bond donors (Lipinski definition) is 1. The molecule has 148 valence electrons. The van der Waals surface area contributed by atoms with Crippen LogP contribution in [0.4, 0.5) is 8.78 Å². The minimum atomic E-state index is -3.74. The second kappa shape index (κ2) is 8.49. The standard InChI is InChI=1S/C18H17ClF2N3O3P/c1-2-26-28(25,22-12-13-6-4-3-5-7-13)15-10-8-14(9-11-15)16-23-17(27-24-16)18(19,20)21/h3-11H,2,12H2,1H3,(H,22,25). The first kappa shape index (κ1) is 20.6. The van der Waals surface area contributed by atoms with Gasteiger partial charge in [-0.1, -0.05) is 47.6 Å². The summed E-state index contributed by atoms with van der Waals surface area (Å²) in [6.45, 7) is 2.36. The number of hydrogen-bond acceptors (Lipinski definition) is 5. The van der Waals surface area contributed by atoms with Gasteiger partial charge in [0, 0.05) is 12.1 Å². The molecule has 10 heteroatoms. The molecule has 3 aromatic rings. The Labute approximate surface area is 165 Å². The van der Waals surface area contributed by atoms with E-state index in [1.54, 1.807) is 31.2 Å². The molecule has 0 saturated carbocycles. The Hall–Kier alpha value is -2.12. The Bertz CT molecular complexity index is 962. The van der Waals surface area contributed by atoms with Crippen LogP contribution in [0.3, 0.4) is 0 Å². The van der Waals surface area contributed by atoms with Crippen molar-refractivity contribution < 1.29 is 22.4 Å². The zero-order chi connectivity index (χ0) is 20.2. The predicted molar refractivity (Wildman–Crippen MR) is 102 cm³/mol. The molecule has 3 rings (SSSR count). The molecule has 1 atom stereocenters. The molecule has 0 fully saturated rings. The minimum absolute atomic E-state index is 0.0506. The Balaban J connectivity index is 1.80. The van der Waals surface area contributed by atoms with Crippen LogP contribution < -0.4 is 10.4 Å². The lowest BCUT2D eigenvalue weighted by atomic mass is 10.2. The van der Waals surface area contributed by atoms with Crippen molar-refractivity contribution in [3.63, 3.8) is 0 Å². The molecule has 1 unspecified atom stereocenters.